The molecule has 5 nitrogen and oxygen atoms in total. The minimum Gasteiger partial charge on any atom is -0.456 e. The lowest BCUT2D eigenvalue weighted by molar-refractivity contribution is 0.669. The fourth-order valence-corrected chi connectivity index (χ4v) is 4.65. The summed E-state index contributed by atoms with van der Waals surface area (Å²) in [6, 6.07) is 10.3. The fraction of sp³-hybridized carbons (Fsp3) is 0. The Morgan fingerprint density at radius 3 is 2.00 bits per heavy atom. The van der Waals surface area contributed by atoms with Gasteiger partial charge in [0.2, 0.25) is 5.95 Å². The average Bonchev–Trinajstić information content (AvgIpc) is 3.65. The Labute approximate surface area is 233 Å². The van der Waals surface area contributed by atoms with Crippen molar-refractivity contribution in [3.05, 3.63) is 121 Å². The van der Waals surface area contributed by atoms with E-state index in [2.05, 4.69) is 9.97 Å². The van der Waals surface area contributed by atoms with Gasteiger partial charge in [0.1, 0.15) is 11.2 Å². The maximum atomic E-state index is 8.84. The van der Waals surface area contributed by atoms with Gasteiger partial charge in [-0.1, -0.05) is 90.8 Å². The molecule has 38 heavy (non-hydrogen) atoms. The summed E-state index contributed by atoms with van der Waals surface area (Å²) in [6.07, 6.45) is 0. The average molecular weight is 500 g/mol. The summed E-state index contributed by atoms with van der Waals surface area (Å²) in [5, 5.41) is 1.67. The van der Waals surface area contributed by atoms with E-state index in [4.69, 9.17) is 24.5 Å². The summed E-state index contributed by atoms with van der Waals surface area (Å²) in [4.78, 5) is 13.8. The predicted molar refractivity (Wildman–Crippen MR) is 152 cm³/mol. The lowest BCUT2D eigenvalue weighted by atomic mass is 10.1. The van der Waals surface area contributed by atoms with Crippen molar-refractivity contribution in [3.8, 4) is 28.7 Å². The third-order valence-corrected chi connectivity index (χ3v) is 6.31. The second kappa shape index (κ2) is 8.11. The van der Waals surface area contributed by atoms with Gasteiger partial charge < -0.3 is 4.42 Å². The molecule has 178 valence electrons. The van der Waals surface area contributed by atoms with Crippen LogP contribution in [0.15, 0.2) is 125 Å². The molecule has 0 unspecified atom stereocenters. The molecule has 8 rings (SSSR count). The van der Waals surface area contributed by atoms with E-state index in [1.54, 1.807) is 12.1 Å². The van der Waals surface area contributed by atoms with Crippen LogP contribution in [0.2, 0.25) is 0 Å². The summed E-state index contributed by atoms with van der Waals surface area (Å²) >= 11 is 0. The Morgan fingerprint density at radius 2 is 1.24 bits per heavy atom. The van der Waals surface area contributed by atoms with E-state index >= 15 is 0 Å². The zero-order valence-electron chi connectivity index (χ0n) is 30.4. The molecule has 0 aliphatic heterocycles. The van der Waals surface area contributed by atoms with E-state index < -0.39 is 30.2 Å². The first kappa shape index (κ1) is 12.8. The lowest BCUT2D eigenvalue weighted by Gasteiger charge is -2.10. The Kier molecular flexibility index (Phi) is 2.73. The Balaban J connectivity index is 1.52. The third-order valence-electron chi connectivity index (χ3n) is 6.31. The molecule has 0 aliphatic rings. The number of hydrogen-bond donors (Lipinski definition) is 0. The maximum Gasteiger partial charge on any atom is 0.238 e. The molecule has 3 aromatic heterocycles. The van der Waals surface area contributed by atoms with E-state index in [1.165, 1.54) is 4.57 Å². The smallest absolute Gasteiger partial charge is 0.238 e. The summed E-state index contributed by atoms with van der Waals surface area (Å²) in [5.41, 5.74) is 1.23. The second-order valence-electron chi connectivity index (χ2n) is 8.49. The summed E-state index contributed by atoms with van der Waals surface area (Å²) < 4.78 is 101. The highest BCUT2D eigenvalue weighted by atomic mass is 16.3. The summed E-state index contributed by atoms with van der Waals surface area (Å²) in [7, 11) is 0. The first-order valence-electron chi connectivity index (χ1n) is 17.1. The van der Waals surface area contributed by atoms with Gasteiger partial charge in [0.15, 0.2) is 11.6 Å². The van der Waals surface area contributed by atoms with Crippen molar-refractivity contribution in [1.29, 1.82) is 0 Å². The molecule has 0 radical (unpaired) electrons. The highest BCUT2D eigenvalue weighted by Crippen LogP contribution is 2.34. The molecule has 5 heteroatoms. The molecule has 8 aromatic rings. The fourth-order valence-electron chi connectivity index (χ4n) is 4.65. The van der Waals surface area contributed by atoms with E-state index in [1.807, 2.05) is 30.3 Å². The van der Waals surface area contributed by atoms with E-state index in [-0.39, 0.29) is 81.2 Å². The highest BCUT2D eigenvalue weighted by Gasteiger charge is 2.18. The van der Waals surface area contributed by atoms with Crippen molar-refractivity contribution in [3.63, 3.8) is 0 Å². The van der Waals surface area contributed by atoms with Crippen LogP contribution in [0.25, 0.3) is 72.5 Å². The topological polar surface area (TPSA) is 56.7 Å². The SMILES string of the molecule is [2H]c1cc([2H])c2c(c1[2H])c1c([2H])c([2H])cc([2H])c1n2-c1nc(-c2ccc3c(c2)oc2ccccc23)nc(-c2c([2H])c([2H])c([2H])c([2H])c2[2H])n1. The van der Waals surface area contributed by atoms with E-state index in [9.17, 15) is 0 Å². The zero-order chi connectivity index (χ0) is 34.6. The van der Waals surface area contributed by atoms with Gasteiger partial charge in [0.25, 0.3) is 0 Å². The summed E-state index contributed by atoms with van der Waals surface area (Å²) in [5.74, 6) is -0.553. The predicted octanol–water partition coefficient (Wildman–Crippen LogP) is 8.20. The van der Waals surface area contributed by atoms with Crippen LogP contribution in [0.1, 0.15) is 15.1 Å². The molecule has 0 spiro atoms. The number of fused-ring (bicyclic) bond motifs is 6. The summed E-state index contributed by atoms with van der Waals surface area (Å²) in [6.45, 7) is 0. The third kappa shape index (κ3) is 3.15. The molecular formula is C33H20N4O. The van der Waals surface area contributed by atoms with Gasteiger partial charge in [0, 0.05) is 32.7 Å². The van der Waals surface area contributed by atoms with E-state index in [0.717, 1.165) is 22.9 Å². The largest absolute Gasteiger partial charge is 0.456 e. The number of rotatable bonds is 3. The van der Waals surface area contributed by atoms with Gasteiger partial charge in [-0.05, 0) is 30.3 Å². The molecule has 0 aliphatic carbocycles. The first-order chi connectivity index (χ1) is 23.4. The standard InChI is InChI=1S/C33H20N4O/c1-2-10-21(11-3-1)31-34-32(22-18-19-26-25-14-6-9-17-29(25)38-30(26)20-22)36-33(35-31)37-27-15-7-4-12-23(27)24-13-5-8-16-28(24)37/h1-20H/i1D,2D,3D,4D,5D,10D,11D,12D,13D,15D,16D. The number of furan rings is 1. The van der Waals surface area contributed by atoms with Crippen LogP contribution in [-0.4, -0.2) is 19.5 Å². The van der Waals surface area contributed by atoms with Crippen LogP contribution < -0.4 is 0 Å². The van der Waals surface area contributed by atoms with Gasteiger partial charge >= 0.3 is 0 Å². The normalized spacial score (nSPS) is 15.7. The Hall–Kier alpha value is -5.29. The molecule has 0 bridgehead atoms. The van der Waals surface area contributed by atoms with Gasteiger partial charge in [0.05, 0.1) is 26.1 Å². The first-order valence-corrected chi connectivity index (χ1v) is 11.6. The molecule has 5 aromatic carbocycles. The van der Waals surface area contributed by atoms with Crippen molar-refractivity contribution >= 4 is 43.7 Å². The van der Waals surface area contributed by atoms with Gasteiger partial charge in [-0.3, -0.25) is 4.57 Å². The van der Waals surface area contributed by atoms with Gasteiger partial charge in [-0.25, -0.2) is 4.98 Å². The van der Waals surface area contributed by atoms with Crippen LogP contribution in [0.4, 0.5) is 0 Å². The highest BCUT2D eigenvalue weighted by molar-refractivity contribution is 6.09. The number of para-hydroxylation sites is 3. The van der Waals surface area contributed by atoms with Crippen LogP contribution in [0.5, 0.6) is 0 Å². The van der Waals surface area contributed by atoms with E-state index in [0.29, 0.717) is 16.7 Å². The lowest BCUT2D eigenvalue weighted by Crippen LogP contribution is -2.06. The molecule has 0 saturated heterocycles. The minimum absolute atomic E-state index is 0.00588. The van der Waals surface area contributed by atoms with Crippen LogP contribution in [-0.2, 0) is 0 Å². The van der Waals surface area contributed by atoms with Crippen LogP contribution in [0.3, 0.4) is 0 Å². The second-order valence-corrected chi connectivity index (χ2v) is 8.49. The molecule has 0 N–H and O–H groups in total. The zero-order valence-corrected chi connectivity index (χ0v) is 19.4. The molecule has 0 fully saturated rings. The van der Waals surface area contributed by atoms with Crippen LogP contribution >= 0.6 is 0 Å². The van der Waals surface area contributed by atoms with Crippen molar-refractivity contribution < 1.29 is 19.5 Å². The number of aromatic nitrogens is 4. The molecule has 3 heterocycles. The molecule has 0 saturated carbocycles. The van der Waals surface area contributed by atoms with Crippen molar-refractivity contribution in [1.82, 2.24) is 19.5 Å². The monoisotopic (exact) mass is 499 g/mol. The number of nitrogens with zero attached hydrogens (tertiary/aromatic N) is 4. The Bertz CT molecular complexity index is 2660. The molecule has 0 atom stereocenters. The molecule has 0 amide bonds. The number of hydrogen-bond acceptors (Lipinski definition) is 4. The quantitative estimate of drug-likeness (QED) is 0.246. The minimum atomic E-state index is -0.606. The Morgan fingerprint density at radius 1 is 0.553 bits per heavy atom. The van der Waals surface area contributed by atoms with Gasteiger partial charge in [-0.15, -0.1) is 0 Å². The van der Waals surface area contributed by atoms with Crippen molar-refractivity contribution in [2.75, 3.05) is 0 Å². The molecular weight excluding hydrogens is 468 g/mol. The van der Waals surface area contributed by atoms with Gasteiger partial charge in [-0.2, -0.15) is 9.97 Å². The maximum absolute atomic E-state index is 8.84. The van der Waals surface area contributed by atoms with Crippen molar-refractivity contribution in [2.45, 2.75) is 0 Å². The van der Waals surface area contributed by atoms with Crippen LogP contribution in [0, 0.1) is 0 Å². The number of benzene rings is 5. The van der Waals surface area contributed by atoms with Crippen molar-refractivity contribution in [2.24, 2.45) is 0 Å².